The minimum Gasteiger partial charge on any atom is -0.326 e. The molecule has 3 N–H and O–H groups in total. The van der Waals surface area contributed by atoms with E-state index in [1.165, 1.54) is 5.69 Å². The molecule has 0 spiro atoms. The molecule has 1 atom stereocenters. The highest BCUT2D eigenvalue weighted by Crippen LogP contribution is 2.07. The summed E-state index contributed by atoms with van der Waals surface area (Å²) in [6, 6.07) is 0.252. The Morgan fingerprint density at radius 1 is 1.53 bits per heavy atom. The number of rotatable bonds is 6. The van der Waals surface area contributed by atoms with E-state index in [0.717, 1.165) is 24.5 Å². The molecule has 0 amide bonds. The Bertz CT molecular complexity index is 283. The molecule has 0 aliphatic carbocycles. The third-order valence-electron chi connectivity index (χ3n) is 2.46. The molecule has 1 unspecified atom stereocenters. The molecule has 86 valence electrons. The maximum atomic E-state index is 5.92. The zero-order chi connectivity index (χ0) is 11.3. The van der Waals surface area contributed by atoms with Gasteiger partial charge >= 0.3 is 0 Å². The zero-order valence-corrected chi connectivity index (χ0v) is 10.6. The molecule has 0 aromatic carbocycles. The fourth-order valence-electron chi connectivity index (χ4n) is 1.24. The Balaban J connectivity index is 2.12. The Kier molecular flexibility index (Phi) is 5.22. The van der Waals surface area contributed by atoms with Gasteiger partial charge in [-0.15, -0.1) is 11.3 Å². The molecular formula is C11H21N3S. The van der Waals surface area contributed by atoms with Crippen LogP contribution in [0.4, 0.5) is 0 Å². The van der Waals surface area contributed by atoms with Gasteiger partial charge in [-0.1, -0.05) is 13.8 Å². The van der Waals surface area contributed by atoms with Gasteiger partial charge in [-0.3, -0.25) is 0 Å². The van der Waals surface area contributed by atoms with Gasteiger partial charge in [-0.2, -0.15) is 0 Å². The Morgan fingerprint density at radius 3 is 2.80 bits per heavy atom. The van der Waals surface area contributed by atoms with Gasteiger partial charge in [0.1, 0.15) is 0 Å². The molecule has 1 aromatic rings. The van der Waals surface area contributed by atoms with Gasteiger partial charge in [0.25, 0.3) is 0 Å². The Hall–Kier alpha value is -0.450. The molecule has 0 saturated heterocycles. The van der Waals surface area contributed by atoms with Crippen molar-refractivity contribution in [1.82, 2.24) is 10.3 Å². The first-order valence-corrected chi connectivity index (χ1v) is 6.35. The normalized spacial score (nSPS) is 13.4. The maximum Gasteiger partial charge on any atom is 0.0897 e. The average molecular weight is 227 g/mol. The summed E-state index contributed by atoms with van der Waals surface area (Å²) in [6.07, 6.45) is 0.995. The fraction of sp³-hybridized carbons (Fsp3) is 0.727. The number of nitrogens with two attached hydrogens (primary N) is 1. The molecule has 0 aliphatic rings. The first-order valence-electron chi connectivity index (χ1n) is 5.47. The molecular weight excluding hydrogens is 206 g/mol. The number of aromatic nitrogens is 1. The van der Waals surface area contributed by atoms with E-state index in [4.69, 9.17) is 5.73 Å². The monoisotopic (exact) mass is 227 g/mol. The largest absolute Gasteiger partial charge is 0.326 e. The van der Waals surface area contributed by atoms with Gasteiger partial charge in [0.2, 0.25) is 0 Å². The summed E-state index contributed by atoms with van der Waals surface area (Å²) in [7, 11) is 0. The smallest absolute Gasteiger partial charge is 0.0897 e. The van der Waals surface area contributed by atoms with E-state index in [1.807, 2.05) is 6.92 Å². The molecule has 15 heavy (non-hydrogen) atoms. The van der Waals surface area contributed by atoms with Crippen molar-refractivity contribution >= 4 is 11.3 Å². The summed E-state index contributed by atoms with van der Waals surface area (Å²) in [4.78, 5) is 4.41. The summed E-state index contributed by atoms with van der Waals surface area (Å²) < 4.78 is 0. The van der Waals surface area contributed by atoms with E-state index in [0.29, 0.717) is 5.92 Å². The van der Waals surface area contributed by atoms with E-state index in [2.05, 4.69) is 29.5 Å². The third-order valence-corrected chi connectivity index (χ3v) is 3.28. The van der Waals surface area contributed by atoms with Crippen LogP contribution in [-0.2, 0) is 6.42 Å². The van der Waals surface area contributed by atoms with Crippen LogP contribution in [0.15, 0.2) is 5.38 Å². The van der Waals surface area contributed by atoms with Crippen molar-refractivity contribution in [3.05, 3.63) is 16.1 Å². The van der Waals surface area contributed by atoms with Crippen molar-refractivity contribution in [2.45, 2.75) is 33.2 Å². The SMILES string of the molecule is Cc1nc(CCNCC(N)C(C)C)cs1. The number of thiazole rings is 1. The number of hydrogen-bond donors (Lipinski definition) is 2. The quantitative estimate of drug-likeness (QED) is 0.725. The predicted molar refractivity (Wildman–Crippen MR) is 66.2 cm³/mol. The average Bonchev–Trinajstić information content (AvgIpc) is 2.58. The van der Waals surface area contributed by atoms with Crippen LogP contribution in [0, 0.1) is 12.8 Å². The molecule has 1 rings (SSSR count). The molecule has 3 nitrogen and oxygen atoms in total. The van der Waals surface area contributed by atoms with Crippen LogP contribution in [0.1, 0.15) is 24.5 Å². The van der Waals surface area contributed by atoms with E-state index in [9.17, 15) is 0 Å². The minimum absolute atomic E-state index is 0.252. The lowest BCUT2D eigenvalue weighted by Gasteiger charge is -2.15. The van der Waals surface area contributed by atoms with Gasteiger partial charge in [0, 0.05) is 30.9 Å². The lowest BCUT2D eigenvalue weighted by atomic mass is 10.1. The Morgan fingerprint density at radius 2 is 2.27 bits per heavy atom. The molecule has 0 fully saturated rings. The second-order valence-corrected chi connectivity index (χ2v) is 5.28. The molecule has 1 heterocycles. The van der Waals surface area contributed by atoms with Crippen molar-refractivity contribution in [2.24, 2.45) is 11.7 Å². The lowest BCUT2D eigenvalue weighted by Crippen LogP contribution is -2.38. The number of hydrogen-bond acceptors (Lipinski definition) is 4. The van der Waals surface area contributed by atoms with Crippen LogP contribution >= 0.6 is 11.3 Å². The van der Waals surface area contributed by atoms with Crippen LogP contribution in [0.25, 0.3) is 0 Å². The van der Waals surface area contributed by atoms with E-state index in [1.54, 1.807) is 11.3 Å². The zero-order valence-electron chi connectivity index (χ0n) is 9.79. The van der Waals surface area contributed by atoms with Crippen molar-refractivity contribution in [3.63, 3.8) is 0 Å². The molecule has 0 aliphatic heterocycles. The molecule has 0 radical (unpaired) electrons. The van der Waals surface area contributed by atoms with Crippen molar-refractivity contribution in [2.75, 3.05) is 13.1 Å². The van der Waals surface area contributed by atoms with E-state index in [-0.39, 0.29) is 6.04 Å². The predicted octanol–water partition coefficient (Wildman–Crippen LogP) is 1.57. The summed E-state index contributed by atoms with van der Waals surface area (Å²) in [5.74, 6) is 0.541. The van der Waals surface area contributed by atoms with E-state index >= 15 is 0 Å². The number of nitrogens with zero attached hydrogens (tertiary/aromatic N) is 1. The summed E-state index contributed by atoms with van der Waals surface area (Å²) in [6.45, 7) is 8.19. The molecule has 0 saturated carbocycles. The second-order valence-electron chi connectivity index (χ2n) is 4.22. The summed E-state index contributed by atoms with van der Waals surface area (Å²) in [5.41, 5.74) is 7.11. The number of nitrogens with one attached hydrogen (secondary N) is 1. The van der Waals surface area contributed by atoms with Gasteiger partial charge in [-0.25, -0.2) is 4.98 Å². The van der Waals surface area contributed by atoms with Crippen LogP contribution in [-0.4, -0.2) is 24.1 Å². The second kappa shape index (κ2) is 6.20. The highest BCUT2D eigenvalue weighted by Gasteiger charge is 2.06. The summed E-state index contributed by atoms with van der Waals surface area (Å²) in [5, 5.41) is 6.63. The topological polar surface area (TPSA) is 50.9 Å². The van der Waals surface area contributed by atoms with Crippen molar-refractivity contribution < 1.29 is 0 Å². The third kappa shape index (κ3) is 4.73. The lowest BCUT2D eigenvalue weighted by molar-refractivity contribution is 0.459. The minimum atomic E-state index is 0.252. The molecule has 1 aromatic heterocycles. The van der Waals surface area contributed by atoms with Crippen LogP contribution in [0.3, 0.4) is 0 Å². The van der Waals surface area contributed by atoms with E-state index < -0.39 is 0 Å². The van der Waals surface area contributed by atoms with Crippen LogP contribution in [0.5, 0.6) is 0 Å². The molecule has 4 heteroatoms. The van der Waals surface area contributed by atoms with Gasteiger partial charge in [-0.05, 0) is 12.8 Å². The van der Waals surface area contributed by atoms with Crippen LogP contribution in [0.2, 0.25) is 0 Å². The van der Waals surface area contributed by atoms with Gasteiger partial charge in [0.05, 0.1) is 10.7 Å². The maximum absolute atomic E-state index is 5.92. The van der Waals surface area contributed by atoms with Crippen molar-refractivity contribution in [1.29, 1.82) is 0 Å². The Labute approximate surface area is 96.1 Å². The first kappa shape index (κ1) is 12.6. The van der Waals surface area contributed by atoms with Gasteiger partial charge in [0.15, 0.2) is 0 Å². The van der Waals surface area contributed by atoms with Crippen molar-refractivity contribution in [3.8, 4) is 0 Å². The van der Waals surface area contributed by atoms with Gasteiger partial charge < -0.3 is 11.1 Å². The highest BCUT2D eigenvalue weighted by molar-refractivity contribution is 7.09. The summed E-state index contributed by atoms with van der Waals surface area (Å²) >= 11 is 1.71. The highest BCUT2D eigenvalue weighted by atomic mass is 32.1. The first-order chi connectivity index (χ1) is 7.09. The standard InChI is InChI=1S/C11H21N3S/c1-8(2)11(12)6-13-5-4-10-7-15-9(3)14-10/h7-8,11,13H,4-6,12H2,1-3H3. The van der Waals surface area contributed by atoms with Crippen LogP contribution < -0.4 is 11.1 Å². The number of aryl methyl sites for hydroxylation is 1. The molecule has 0 bridgehead atoms. The fourth-order valence-corrected chi connectivity index (χ4v) is 1.89.